The largest absolute Gasteiger partial charge is 0.490 e. The summed E-state index contributed by atoms with van der Waals surface area (Å²) in [4.78, 5) is 0. The van der Waals surface area contributed by atoms with Crippen LogP contribution in [0.15, 0.2) is 16.6 Å². The van der Waals surface area contributed by atoms with Crippen LogP contribution >= 0.6 is 15.9 Å². The maximum atomic E-state index is 13.3. The molecular weight excluding hydrogens is 292 g/mol. The molecule has 0 amide bonds. The summed E-state index contributed by atoms with van der Waals surface area (Å²) in [5, 5.41) is 3.04. The van der Waals surface area contributed by atoms with Crippen molar-refractivity contribution in [2.75, 3.05) is 20.2 Å². The Balaban J connectivity index is 2.36. The molecule has 0 radical (unpaired) electrons. The van der Waals surface area contributed by atoms with Gasteiger partial charge in [0, 0.05) is 4.47 Å². The van der Waals surface area contributed by atoms with E-state index in [1.54, 1.807) is 0 Å². The molecule has 0 aromatic heterocycles. The lowest BCUT2D eigenvalue weighted by molar-refractivity contribution is 0.285. The topological polar surface area (TPSA) is 21.3 Å². The highest BCUT2D eigenvalue weighted by Gasteiger charge is 2.10. The van der Waals surface area contributed by atoms with Gasteiger partial charge in [-0.3, -0.25) is 0 Å². The van der Waals surface area contributed by atoms with Gasteiger partial charge < -0.3 is 10.1 Å². The van der Waals surface area contributed by atoms with E-state index in [4.69, 9.17) is 4.74 Å². The van der Waals surface area contributed by atoms with Crippen molar-refractivity contribution in [3.8, 4) is 5.75 Å². The monoisotopic (exact) mass is 307 g/mol. The predicted molar refractivity (Wildman–Crippen MR) is 67.3 cm³/mol. The molecule has 0 atom stereocenters. The number of hydrogen-bond acceptors (Lipinski definition) is 2. The third kappa shape index (κ3) is 5.00. The summed E-state index contributed by atoms with van der Waals surface area (Å²) >= 11 is 3.10. The molecule has 0 fully saturated rings. The SMILES string of the molecule is CNCCCCCOc1cc(Br)cc(F)c1F. The van der Waals surface area contributed by atoms with Crippen LogP contribution in [0.4, 0.5) is 8.78 Å². The lowest BCUT2D eigenvalue weighted by atomic mass is 10.2. The Hall–Kier alpha value is -0.680. The van der Waals surface area contributed by atoms with Crippen molar-refractivity contribution in [3.05, 3.63) is 28.2 Å². The van der Waals surface area contributed by atoms with Gasteiger partial charge in [0.05, 0.1) is 6.61 Å². The highest BCUT2D eigenvalue weighted by molar-refractivity contribution is 9.10. The minimum Gasteiger partial charge on any atom is -0.490 e. The van der Waals surface area contributed by atoms with Crippen LogP contribution in [0.2, 0.25) is 0 Å². The zero-order valence-corrected chi connectivity index (χ0v) is 11.3. The Kier molecular flexibility index (Phi) is 6.44. The van der Waals surface area contributed by atoms with Crippen LogP contribution in [0.3, 0.4) is 0 Å². The molecule has 1 N–H and O–H groups in total. The average Bonchev–Trinajstić information content (AvgIpc) is 2.29. The Morgan fingerprint density at radius 1 is 1.24 bits per heavy atom. The summed E-state index contributed by atoms with van der Waals surface area (Å²) in [6, 6.07) is 2.52. The van der Waals surface area contributed by atoms with E-state index in [0.717, 1.165) is 31.9 Å². The number of ether oxygens (including phenoxy) is 1. The van der Waals surface area contributed by atoms with Crippen molar-refractivity contribution in [1.29, 1.82) is 0 Å². The van der Waals surface area contributed by atoms with Crippen molar-refractivity contribution in [3.63, 3.8) is 0 Å². The fourth-order valence-corrected chi connectivity index (χ4v) is 1.81. The van der Waals surface area contributed by atoms with Crippen LogP contribution in [0.5, 0.6) is 5.75 Å². The molecule has 1 aromatic carbocycles. The van der Waals surface area contributed by atoms with Gasteiger partial charge in [0.15, 0.2) is 11.6 Å². The van der Waals surface area contributed by atoms with Crippen molar-refractivity contribution in [2.24, 2.45) is 0 Å². The van der Waals surface area contributed by atoms with Gasteiger partial charge >= 0.3 is 0 Å². The van der Waals surface area contributed by atoms with Gasteiger partial charge in [0.2, 0.25) is 5.82 Å². The molecule has 0 aliphatic heterocycles. The van der Waals surface area contributed by atoms with E-state index in [1.165, 1.54) is 6.07 Å². The number of unbranched alkanes of at least 4 members (excludes halogenated alkanes) is 2. The molecule has 1 rings (SSSR count). The maximum Gasteiger partial charge on any atom is 0.200 e. The van der Waals surface area contributed by atoms with Gasteiger partial charge in [0.1, 0.15) is 0 Å². The third-order valence-electron chi connectivity index (χ3n) is 2.29. The summed E-state index contributed by atoms with van der Waals surface area (Å²) in [5.74, 6) is -1.86. The minimum atomic E-state index is -0.927. The molecule has 96 valence electrons. The van der Waals surface area contributed by atoms with Gasteiger partial charge in [-0.05, 0) is 45.0 Å². The van der Waals surface area contributed by atoms with E-state index in [0.29, 0.717) is 11.1 Å². The minimum absolute atomic E-state index is 0.0366. The van der Waals surface area contributed by atoms with Crippen LogP contribution < -0.4 is 10.1 Å². The highest BCUT2D eigenvalue weighted by Crippen LogP contribution is 2.25. The van der Waals surface area contributed by atoms with Crippen LogP contribution in [0.25, 0.3) is 0 Å². The van der Waals surface area contributed by atoms with Gasteiger partial charge in [-0.1, -0.05) is 15.9 Å². The first kappa shape index (κ1) is 14.4. The zero-order chi connectivity index (χ0) is 12.7. The normalized spacial score (nSPS) is 10.6. The maximum absolute atomic E-state index is 13.3. The van der Waals surface area contributed by atoms with E-state index in [1.807, 2.05) is 7.05 Å². The van der Waals surface area contributed by atoms with Crippen LogP contribution in [0.1, 0.15) is 19.3 Å². The average molecular weight is 308 g/mol. The van der Waals surface area contributed by atoms with Crippen LogP contribution in [-0.4, -0.2) is 20.2 Å². The molecule has 1 aromatic rings. The van der Waals surface area contributed by atoms with E-state index < -0.39 is 11.6 Å². The third-order valence-corrected chi connectivity index (χ3v) is 2.75. The second kappa shape index (κ2) is 7.61. The molecule has 17 heavy (non-hydrogen) atoms. The van der Waals surface area contributed by atoms with Crippen molar-refractivity contribution >= 4 is 15.9 Å². The van der Waals surface area contributed by atoms with Crippen molar-refractivity contribution in [2.45, 2.75) is 19.3 Å². The summed E-state index contributed by atoms with van der Waals surface area (Å²) < 4.78 is 32.0. The lowest BCUT2D eigenvalue weighted by Gasteiger charge is -2.08. The van der Waals surface area contributed by atoms with Gasteiger partial charge in [-0.15, -0.1) is 0 Å². The van der Waals surface area contributed by atoms with Crippen molar-refractivity contribution in [1.82, 2.24) is 5.32 Å². The van der Waals surface area contributed by atoms with E-state index in [9.17, 15) is 8.78 Å². The van der Waals surface area contributed by atoms with Crippen molar-refractivity contribution < 1.29 is 13.5 Å². The Morgan fingerprint density at radius 3 is 2.71 bits per heavy atom. The first-order valence-corrected chi connectivity index (χ1v) is 6.36. The summed E-state index contributed by atoms with van der Waals surface area (Å²) in [6.07, 6.45) is 2.88. The number of benzene rings is 1. The molecule has 2 nitrogen and oxygen atoms in total. The fourth-order valence-electron chi connectivity index (χ4n) is 1.40. The van der Waals surface area contributed by atoms with Crippen LogP contribution in [-0.2, 0) is 0 Å². The molecule has 0 aliphatic carbocycles. The molecule has 0 unspecified atom stereocenters. The van der Waals surface area contributed by atoms with Gasteiger partial charge in [-0.25, -0.2) is 4.39 Å². The molecule has 0 saturated heterocycles. The first-order valence-electron chi connectivity index (χ1n) is 5.57. The molecule has 5 heteroatoms. The van der Waals surface area contributed by atoms with Gasteiger partial charge in [-0.2, -0.15) is 4.39 Å². The number of hydrogen-bond donors (Lipinski definition) is 1. The van der Waals surface area contributed by atoms with E-state index in [2.05, 4.69) is 21.2 Å². The summed E-state index contributed by atoms with van der Waals surface area (Å²) in [5.41, 5.74) is 0. The molecule has 0 saturated carbocycles. The first-order chi connectivity index (χ1) is 8.15. The molecule has 0 aliphatic rings. The second-order valence-electron chi connectivity index (χ2n) is 3.71. The summed E-state index contributed by atoms with van der Waals surface area (Å²) in [7, 11) is 1.90. The number of halogens is 3. The number of nitrogens with one attached hydrogen (secondary N) is 1. The predicted octanol–water partition coefficient (Wildman–Crippen LogP) is 3.50. The molecule has 0 heterocycles. The van der Waals surface area contributed by atoms with E-state index >= 15 is 0 Å². The van der Waals surface area contributed by atoms with Crippen LogP contribution in [0, 0.1) is 11.6 Å². The molecule has 0 spiro atoms. The van der Waals surface area contributed by atoms with E-state index in [-0.39, 0.29) is 5.75 Å². The smallest absolute Gasteiger partial charge is 0.200 e. The Morgan fingerprint density at radius 2 is 2.00 bits per heavy atom. The zero-order valence-electron chi connectivity index (χ0n) is 9.73. The Labute approximate surface area is 108 Å². The summed E-state index contributed by atoms with van der Waals surface area (Å²) in [6.45, 7) is 1.36. The van der Waals surface area contributed by atoms with Gasteiger partial charge in [0.25, 0.3) is 0 Å². The molecule has 0 bridgehead atoms. The Bertz CT molecular complexity index is 361. The fraction of sp³-hybridized carbons (Fsp3) is 0.500. The lowest BCUT2D eigenvalue weighted by Crippen LogP contribution is -2.08. The second-order valence-corrected chi connectivity index (χ2v) is 4.63. The number of rotatable bonds is 7. The highest BCUT2D eigenvalue weighted by atomic mass is 79.9. The standard InChI is InChI=1S/C12H16BrF2NO/c1-16-5-3-2-4-6-17-11-8-9(13)7-10(14)12(11)15/h7-8,16H,2-6H2,1H3. The molecular formula is C12H16BrF2NO. The quantitative estimate of drug-likeness (QED) is 0.615.